The van der Waals surface area contributed by atoms with Crippen LogP contribution in [0.15, 0.2) is 21.9 Å². The molecule has 7 atom stereocenters. The maximum absolute atomic E-state index is 12.7. The maximum atomic E-state index is 12.7. The first-order valence-corrected chi connectivity index (χ1v) is 13.7. The minimum absolute atomic E-state index is 0.211. The topological polar surface area (TPSA) is 231 Å². The largest absolute Gasteiger partial charge is 0.492 e. The van der Waals surface area contributed by atoms with Gasteiger partial charge < -0.3 is 19.8 Å². The Kier molecular flexibility index (Phi) is 10.1. The zero-order valence-corrected chi connectivity index (χ0v) is 20.8. The van der Waals surface area contributed by atoms with Gasteiger partial charge in [-0.05, 0) is 0 Å². The number of phosphoric acid groups is 3. The summed E-state index contributed by atoms with van der Waals surface area (Å²) in [6, 6.07) is 1.09. The number of ether oxygens (including phenoxy) is 1. The summed E-state index contributed by atoms with van der Waals surface area (Å²) >= 11 is 0. The molecule has 0 bridgehead atoms. The van der Waals surface area contributed by atoms with E-state index in [1.54, 1.807) is 0 Å². The summed E-state index contributed by atoms with van der Waals surface area (Å²) in [6.45, 7) is -1.47. The predicted molar refractivity (Wildman–Crippen MR) is 111 cm³/mol. The van der Waals surface area contributed by atoms with Gasteiger partial charge in [0.2, 0.25) is 0 Å². The number of H-pyrrole nitrogens is 1. The van der Waals surface area contributed by atoms with Gasteiger partial charge in [0.15, 0.2) is 0 Å². The van der Waals surface area contributed by atoms with Crippen molar-refractivity contribution in [3.63, 3.8) is 0 Å². The van der Waals surface area contributed by atoms with Gasteiger partial charge in [-0.25, -0.2) is 18.5 Å². The fourth-order valence-electron chi connectivity index (χ4n) is 2.86. The molecule has 1 aromatic rings. The number of phosphoric ester groups is 2. The molecule has 0 spiro atoms. The molecule has 34 heavy (non-hydrogen) atoms. The fourth-order valence-corrected chi connectivity index (χ4v) is 6.93. The Labute approximate surface area is 192 Å². The van der Waals surface area contributed by atoms with Crippen molar-refractivity contribution in [3.8, 4) is 0 Å². The highest BCUT2D eigenvalue weighted by molar-refractivity contribution is 7.67. The summed E-state index contributed by atoms with van der Waals surface area (Å²) < 4.78 is 70.4. The highest BCUT2D eigenvalue weighted by atomic mass is 31.3. The quantitative estimate of drug-likeness (QED) is 0.227. The van der Waals surface area contributed by atoms with Gasteiger partial charge in [0.05, 0.1) is 32.0 Å². The number of rotatable bonds is 13. The summed E-state index contributed by atoms with van der Waals surface area (Å²) in [7, 11) is -12.3. The van der Waals surface area contributed by atoms with E-state index in [9.17, 15) is 38.4 Å². The highest BCUT2D eigenvalue weighted by Crippen LogP contribution is 2.71. The van der Waals surface area contributed by atoms with Gasteiger partial charge in [-0.15, -0.1) is 0 Å². The Morgan fingerprint density at radius 3 is 2.24 bits per heavy atom. The zero-order chi connectivity index (χ0) is 25.7. The van der Waals surface area contributed by atoms with Crippen molar-refractivity contribution in [3.05, 3.63) is 33.1 Å². The molecule has 0 radical (unpaired) electrons. The molecule has 1 aliphatic heterocycles. The Morgan fingerprint density at radius 1 is 1.06 bits per heavy atom. The number of hydrogen-bond donors (Lipinski definition) is 4. The number of aliphatic hydroxyl groups is 2. The number of hydrogen-bond acceptors (Lipinski definition) is 14. The molecular weight excluding hydrogens is 529 g/mol. The average Bonchev–Trinajstić information content (AvgIpc) is 3.08. The molecule has 0 aliphatic carbocycles. The Hall–Kier alpha value is -1.03. The zero-order valence-electron chi connectivity index (χ0n) is 18.1. The molecule has 4 N–H and O–H groups in total. The van der Waals surface area contributed by atoms with E-state index in [0.29, 0.717) is 0 Å². The van der Waals surface area contributed by atoms with Crippen LogP contribution in [-0.4, -0.2) is 77.5 Å². The number of nitrogens with one attached hydrogen (secondary N) is 1. The third-order valence-electron chi connectivity index (χ3n) is 4.61. The molecule has 3 unspecified atom stereocenters. The lowest BCUT2D eigenvalue weighted by Crippen LogP contribution is -2.37. The summed E-state index contributed by atoms with van der Waals surface area (Å²) in [5, 5.41) is 20.1. The van der Waals surface area contributed by atoms with Crippen molar-refractivity contribution >= 4 is 23.5 Å². The van der Waals surface area contributed by atoms with E-state index in [2.05, 4.69) is 22.2 Å². The Morgan fingerprint density at radius 2 is 1.71 bits per heavy atom. The standard InChI is InChI=1S/C14H25N2O15P3/c1-25-32(21,22)30-34(24,27-3)31-33(23,26-2)28-8-11-9(7-17)13(19)10(29-11)6-16-5-4-12(18)15-14(16)20/h4-5,9-11,13,17,19H,6-8H2,1-3H3,(H,21,22)(H,15,18,20)/t9-,10+,11-,13-,33?,34?/m1/s1. The second-order valence-corrected chi connectivity index (χ2v) is 12.1. The van der Waals surface area contributed by atoms with Crippen LogP contribution in [0.4, 0.5) is 0 Å². The lowest BCUT2D eigenvalue weighted by atomic mass is 9.97. The van der Waals surface area contributed by atoms with Gasteiger partial charge in [-0.2, -0.15) is 8.62 Å². The Bertz CT molecular complexity index is 1090. The van der Waals surface area contributed by atoms with Gasteiger partial charge in [-0.3, -0.25) is 32.4 Å². The van der Waals surface area contributed by atoms with E-state index in [0.717, 1.165) is 32.0 Å². The molecule has 2 heterocycles. The first-order valence-electron chi connectivity index (χ1n) is 9.32. The lowest BCUT2D eigenvalue weighted by molar-refractivity contribution is -0.0216. The van der Waals surface area contributed by atoms with Crippen LogP contribution in [0.5, 0.6) is 0 Å². The number of aromatic nitrogens is 2. The molecule has 1 aliphatic rings. The van der Waals surface area contributed by atoms with Gasteiger partial charge in [0.1, 0.15) is 6.10 Å². The molecule has 20 heteroatoms. The monoisotopic (exact) mass is 554 g/mol. The summed E-state index contributed by atoms with van der Waals surface area (Å²) in [5.41, 5.74) is -1.38. The van der Waals surface area contributed by atoms with Crippen molar-refractivity contribution in [2.75, 3.05) is 34.5 Å². The van der Waals surface area contributed by atoms with Crippen LogP contribution in [0.1, 0.15) is 0 Å². The van der Waals surface area contributed by atoms with E-state index in [-0.39, 0.29) is 6.54 Å². The van der Waals surface area contributed by atoms with E-state index >= 15 is 0 Å². The van der Waals surface area contributed by atoms with Crippen molar-refractivity contribution < 1.29 is 60.3 Å². The van der Waals surface area contributed by atoms with Gasteiger partial charge in [-0.1, -0.05) is 0 Å². The van der Waals surface area contributed by atoms with Crippen molar-refractivity contribution in [2.24, 2.45) is 5.92 Å². The molecule has 2 rings (SSSR count). The van der Waals surface area contributed by atoms with Crippen LogP contribution in [0.25, 0.3) is 0 Å². The molecule has 0 saturated carbocycles. The molecule has 1 saturated heterocycles. The molecular formula is C14H25N2O15P3. The van der Waals surface area contributed by atoms with Crippen LogP contribution in [-0.2, 0) is 51.7 Å². The molecule has 17 nitrogen and oxygen atoms in total. The smallest absolute Gasteiger partial charge is 0.396 e. The minimum atomic E-state index is -5.00. The summed E-state index contributed by atoms with van der Waals surface area (Å²) in [4.78, 5) is 34.4. The van der Waals surface area contributed by atoms with E-state index in [1.807, 2.05) is 4.98 Å². The van der Waals surface area contributed by atoms with Crippen LogP contribution in [0, 0.1) is 5.92 Å². The molecule has 196 valence electrons. The Balaban J connectivity index is 2.12. The summed E-state index contributed by atoms with van der Waals surface area (Å²) in [6.07, 6.45) is -2.30. The van der Waals surface area contributed by atoms with Crippen LogP contribution in [0.2, 0.25) is 0 Å². The third-order valence-corrected chi connectivity index (χ3v) is 9.66. The third kappa shape index (κ3) is 7.48. The minimum Gasteiger partial charge on any atom is -0.396 e. The van der Waals surface area contributed by atoms with E-state index < -0.39 is 72.2 Å². The van der Waals surface area contributed by atoms with Crippen LogP contribution >= 0.6 is 23.5 Å². The fraction of sp³-hybridized carbons (Fsp3) is 0.714. The van der Waals surface area contributed by atoms with E-state index in [1.165, 1.54) is 6.20 Å². The molecule has 0 amide bonds. The van der Waals surface area contributed by atoms with E-state index in [4.69, 9.17) is 9.26 Å². The molecule has 1 aromatic heterocycles. The SMILES string of the molecule is COP(=O)(O)OP(=O)(OC)OP(=O)(OC)OC[C@H]1O[C@@H](Cn2ccc(=O)[nH]c2=O)[C@H](O)[C@@H]1CO. The van der Waals surface area contributed by atoms with Gasteiger partial charge in [0.25, 0.3) is 5.56 Å². The number of aromatic amines is 1. The number of aliphatic hydroxyl groups excluding tert-OH is 2. The second kappa shape index (κ2) is 11.8. The van der Waals surface area contributed by atoms with Crippen LogP contribution < -0.4 is 11.2 Å². The number of nitrogens with zero attached hydrogens (tertiary/aromatic N) is 1. The van der Waals surface area contributed by atoms with Gasteiger partial charge >= 0.3 is 29.2 Å². The predicted octanol–water partition coefficient (Wildman–Crippen LogP) is -0.421. The van der Waals surface area contributed by atoms with Crippen molar-refractivity contribution in [2.45, 2.75) is 24.9 Å². The second-order valence-electron chi connectivity index (χ2n) is 6.68. The normalized spacial score (nSPS) is 28.2. The first-order chi connectivity index (χ1) is 15.8. The van der Waals surface area contributed by atoms with Gasteiger partial charge in [0, 0.05) is 39.5 Å². The molecule has 0 aromatic carbocycles. The highest BCUT2D eigenvalue weighted by Gasteiger charge is 2.48. The molecule has 1 fully saturated rings. The van der Waals surface area contributed by atoms with Crippen molar-refractivity contribution in [1.29, 1.82) is 0 Å². The van der Waals surface area contributed by atoms with Crippen LogP contribution in [0.3, 0.4) is 0 Å². The maximum Gasteiger partial charge on any atom is 0.492 e. The lowest BCUT2D eigenvalue weighted by Gasteiger charge is -2.23. The van der Waals surface area contributed by atoms with Crippen molar-refractivity contribution in [1.82, 2.24) is 9.55 Å². The average molecular weight is 554 g/mol. The first kappa shape index (κ1) is 29.2. The summed E-state index contributed by atoms with van der Waals surface area (Å²) in [5.74, 6) is -0.981.